The molecule has 0 radical (unpaired) electrons. The van der Waals surface area contributed by atoms with Crippen molar-refractivity contribution in [3.8, 4) is 0 Å². The van der Waals surface area contributed by atoms with Gasteiger partial charge in [-0.1, -0.05) is 128 Å². The van der Waals surface area contributed by atoms with Gasteiger partial charge in [-0.25, -0.2) is 9.13 Å². The second-order valence-corrected chi connectivity index (χ2v) is 18.3. The van der Waals surface area contributed by atoms with Gasteiger partial charge in [-0.15, -0.1) is 0 Å². The summed E-state index contributed by atoms with van der Waals surface area (Å²) in [4.78, 5) is 43.6. The first kappa shape index (κ1) is 58.5. The third-order valence-corrected chi connectivity index (χ3v) is 11.3. The van der Waals surface area contributed by atoms with E-state index < -0.39 is 85.5 Å². The zero-order valence-corrected chi connectivity index (χ0v) is 38.7. The van der Waals surface area contributed by atoms with Crippen LogP contribution in [0.15, 0.2) is 24.3 Å². The van der Waals surface area contributed by atoms with Gasteiger partial charge in [0.1, 0.15) is 31.5 Å². The standard InChI is InChI=1S/C43H82O15P2/c1-3-5-7-9-11-13-15-17-18-20-22-24-26-28-30-32-43(48)54-34-40(45)36-56-60(51,52)58-38-41(46)37-57-59(49,50)55-35-39(44)33-53-42(47)31-29-27-25-23-21-19-16-14-12-10-8-6-4-2/h13,15,19,21,39-41,44-46H,3-12,14,16-18,20,22-38H2,1-2H3,(H,49,50)(H,51,52)/b15-13-,21-19-. The summed E-state index contributed by atoms with van der Waals surface area (Å²) in [5.41, 5.74) is 0. The van der Waals surface area contributed by atoms with Crippen LogP contribution < -0.4 is 0 Å². The summed E-state index contributed by atoms with van der Waals surface area (Å²) in [7, 11) is -9.56. The van der Waals surface area contributed by atoms with E-state index in [1.54, 1.807) is 0 Å². The molecule has 0 aromatic rings. The van der Waals surface area contributed by atoms with Crippen LogP contribution in [0.1, 0.15) is 181 Å². The molecule has 15 nitrogen and oxygen atoms in total. The third-order valence-electron chi connectivity index (χ3n) is 9.38. The zero-order chi connectivity index (χ0) is 44.6. The molecule has 60 heavy (non-hydrogen) atoms. The van der Waals surface area contributed by atoms with Gasteiger partial charge in [0, 0.05) is 12.8 Å². The number of esters is 2. The van der Waals surface area contributed by atoms with Crippen molar-refractivity contribution in [2.24, 2.45) is 0 Å². The van der Waals surface area contributed by atoms with E-state index in [2.05, 4.69) is 56.2 Å². The predicted octanol–water partition coefficient (Wildman–Crippen LogP) is 9.72. The van der Waals surface area contributed by atoms with E-state index in [-0.39, 0.29) is 12.8 Å². The van der Waals surface area contributed by atoms with Gasteiger partial charge in [-0.3, -0.25) is 27.7 Å². The highest BCUT2D eigenvalue weighted by Crippen LogP contribution is 2.45. The smallest absolute Gasteiger partial charge is 0.463 e. The van der Waals surface area contributed by atoms with Gasteiger partial charge in [0.25, 0.3) is 0 Å². The van der Waals surface area contributed by atoms with E-state index in [1.165, 1.54) is 83.5 Å². The molecule has 0 aliphatic heterocycles. The van der Waals surface area contributed by atoms with Gasteiger partial charge in [-0.05, 0) is 64.2 Å². The van der Waals surface area contributed by atoms with Crippen molar-refractivity contribution < 1.29 is 71.4 Å². The quantitative estimate of drug-likeness (QED) is 0.0166. The highest BCUT2D eigenvalue weighted by Gasteiger charge is 2.28. The molecule has 5 atom stereocenters. The van der Waals surface area contributed by atoms with Crippen LogP contribution in [0, 0.1) is 0 Å². The van der Waals surface area contributed by atoms with Crippen LogP contribution in [-0.4, -0.2) is 95.0 Å². The molecule has 0 heterocycles. The number of carbonyl (C=O) groups excluding carboxylic acids is 2. The minimum atomic E-state index is -4.78. The number of hydrogen-bond acceptors (Lipinski definition) is 13. The molecule has 0 bridgehead atoms. The monoisotopic (exact) mass is 901 g/mol. The van der Waals surface area contributed by atoms with Crippen molar-refractivity contribution in [2.75, 3.05) is 39.6 Å². The first-order chi connectivity index (χ1) is 28.8. The molecule has 0 aliphatic carbocycles. The van der Waals surface area contributed by atoms with Gasteiger partial charge in [0.2, 0.25) is 0 Å². The predicted molar refractivity (Wildman–Crippen MR) is 233 cm³/mol. The summed E-state index contributed by atoms with van der Waals surface area (Å²) in [6, 6.07) is 0. The van der Waals surface area contributed by atoms with Crippen LogP contribution in [0.5, 0.6) is 0 Å². The lowest BCUT2D eigenvalue weighted by Gasteiger charge is -2.19. The number of allylic oxidation sites excluding steroid dienone is 4. The number of aliphatic hydroxyl groups excluding tert-OH is 3. The van der Waals surface area contributed by atoms with Crippen molar-refractivity contribution in [1.29, 1.82) is 0 Å². The number of phosphoric ester groups is 2. The Balaban J connectivity index is 3.92. The molecule has 354 valence electrons. The van der Waals surface area contributed by atoms with Crippen molar-refractivity contribution in [3.63, 3.8) is 0 Å². The lowest BCUT2D eigenvalue weighted by molar-refractivity contribution is -0.148. The molecule has 0 aromatic carbocycles. The zero-order valence-electron chi connectivity index (χ0n) is 36.9. The van der Waals surface area contributed by atoms with Crippen LogP contribution in [0.4, 0.5) is 0 Å². The highest BCUT2D eigenvalue weighted by atomic mass is 31.2. The van der Waals surface area contributed by atoms with Gasteiger partial charge < -0.3 is 34.6 Å². The molecule has 0 saturated carbocycles. The number of rotatable bonds is 44. The highest BCUT2D eigenvalue weighted by molar-refractivity contribution is 7.47. The molecule has 0 fully saturated rings. The van der Waals surface area contributed by atoms with Gasteiger partial charge in [0.15, 0.2) is 0 Å². The van der Waals surface area contributed by atoms with Crippen LogP contribution in [0.2, 0.25) is 0 Å². The lowest BCUT2D eigenvalue weighted by Crippen LogP contribution is -2.25. The maximum atomic E-state index is 12.1. The Bertz CT molecular complexity index is 1190. The molecular weight excluding hydrogens is 818 g/mol. The molecule has 0 rings (SSSR count). The SMILES string of the molecule is CCCCCC/C=C\CCCCCCCCCC(=O)OCC(O)COP(=O)(O)OCC(O)COP(=O)(O)OCC(O)COC(=O)CCCCC/C=C\CCCCCCCC. The van der Waals surface area contributed by atoms with E-state index >= 15 is 0 Å². The summed E-state index contributed by atoms with van der Waals surface area (Å²) in [6.45, 7) is 0.375. The maximum absolute atomic E-state index is 12.1. The number of unbranched alkanes of at least 4 members (excludes halogenated alkanes) is 20. The van der Waals surface area contributed by atoms with E-state index in [4.69, 9.17) is 9.47 Å². The second kappa shape index (κ2) is 40.3. The largest absolute Gasteiger partial charge is 0.472 e. The molecule has 0 aliphatic rings. The van der Waals surface area contributed by atoms with Gasteiger partial charge in [0.05, 0.1) is 26.4 Å². The number of phosphoric acid groups is 2. The van der Waals surface area contributed by atoms with E-state index in [9.17, 15) is 43.8 Å². The van der Waals surface area contributed by atoms with E-state index in [0.29, 0.717) is 12.8 Å². The third kappa shape index (κ3) is 41.9. The van der Waals surface area contributed by atoms with Gasteiger partial charge in [-0.2, -0.15) is 0 Å². The number of hydrogen-bond donors (Lipinski definition) is 5. The van der Waals surface area contributed by atoms with Crippen molar-refractivity contribution >= 4 is 27.6 Å². The van der Waals surface area contributed by atoms with E-state index in [1.807, 2.05) is 0 Å². The normalized spacial score (nSPS) is 15.5. The summed E-state index contributed by atoms with van der Waals surface area (Å²) in [5.74, 6) is -1.01. The minimum absolute atomic E-state index is 0.178. The van der Waals surface area contributed by atoms with Crippen LogP contribution in [-0.2, 0) is 46.3 Å². The molecular formula is C43H82O15P2. The Morgan fingerprint density at radius 2 is 0.667 bits per heavy atom. The average molecular weight is 901 g/mol. The van der Waals surface area contributed by atoms with Crippen LogP contribution in [0.25, 0.3) is 0 Å². The second-order valence-electron chi connectivity index (χ2n) is 15.4. The van der Waals surface area contributed by atoms with E-state index in [0.717, 1.165) is 57.8 Å². The molecule has 17 heteroatoms. The molecule has 0 aromatic heterocycles. The first-order valence-electron chi connectivity index (χ1n) is 22.7. The first-order valence-corrected chi connectivity index (χ1v) is 25.7. The average Bonchev–Trinajstić information content (AvgIpc) is 3.22. The number of ether oxygens (including phenoxy) is 2. The Morgan fingerprint density at radius 1 is 0.417 bits per heavy atom. The van der Waals surface area contributed by atoms with Crippen molar-refractivity contribution in [1.82, 2.24) is 0 Å². The summed E-state index contributed by atoms with van der Waals surface area (Å²) in [6.07, 6.45) is 31.7. The number of carbonyl (C=O) groups is 2. The minimum Gasteiger partial charge on any atom is -0.463 e. The Hall–Kier alpha value is -1.48. The summed E-state index contributed by atoms with van der Waals surface area (Å²) < 4.78 is 52.9. The molecule has 5 unspecified atom stereocenters. The van der Waals surface area contributed by atoms with Crippen molar-refractivity contribution in [3.05, 3.63) is 24.3 Å². The topological polar surface area (TPSA) is 225 Å². The van der Waals surface area contributed by atoms with Crippen molar-refractivity contribution in [2.45, 2.75) is 199 Å². The molecule has 0 amide bonds. The molecule has 0 spiro atoms. The van der Waals surface area contributed by atoms with Crippen LogP contribution in [0.3, 0.4) is 0 Å². The maximum Gasteiger partial charge on any atom is 0.472 e. The fourth-order valence-corrected chi connectivity index (χ4v) is 7.38. The molecule has 0 saturated heterocycles. The summed E-state index contributed by atoms with van der Waals surface area (Å²) >= 11 is 0. The molecule has 5 N–H and O–H groups in total. The fraction of sp³-hybridized carbons (Fsp3) is 0.860. The lowest BCUT2D eigenvalue weighted by atomic mass is 10.1. The summed E-state index contributed by atoms with van der Waals surface area (Å²) in [5, 5.41) is 29.9. The Labute approximate surface area is 361 Å². The fourth-order valence-electron chi connectivity index (χ4n) is 5.79. The number of aliphatic hydroxyl groups is 3. The van der Waals surface area contributed by atoms with Crippen LogP contribution >= 0.6 is 15.6 Å². The Morgan fingerprint density at radius 3 is 1.00 bits per heavy atom. The Kier molecular flexibility index (Phi) is 39.3. The van der Waals surface area contributed by atoms with Gasteiger partial charge >= 0.3 is 27.6 Å².